The van der Waals surface area contributed by atoms with Gasteiger partial charge in [0.25, 0.3) is 11.5 Å². The normalized spacial score (nSPS) is 11.8. The Morgan fingerprint density at radius 1 is 1.42 bits per heavy atom. The molecule has 2 aromatic rings. The molecule has 2 rings (SSSR count). The van der Waals surface area contributed by atoms with E-state index in [4.69, 9.17) is 4.74 Å². The molecule has 1 amide bonds. The van der Waals surface area contributed by atoms with E-state index in [0.29, 0.717) is 22.9 Å². The van der Waals surface area contributed by atoms with Crippen molar-refractivity contribution < 1.29 is 9.53 Å². The Bertz CT molecular complexity index is 912. The third-order valence-electron chi connectivity index (χ3n) is 3.39. The Hall–Kier alpha value is -2.59. The molecule has 0 saturated heterocycles. The molecule has 0 aliphatic rings. The third-order valence-corrected chi connectivity index (χ3v) is 3.97. The van der Waals surface area contributed by atoms with Crippen LogP contribution in [0.3, 0.4) is 0 Å². The molecule has 1 N–H and O–H groups in total. The lowest BCUT2D eigenvalue weighted by Crippen LogP contribution is -2.48. The summed E-state index contributed by atoms with van der Waals surface area (Å²) in [6.45, 7) is 6.17. The van der Waals surface area contributed by atoms with Crippen molar-refractivity contribution in [2.75, 3.05) is 19.1 Å². The molecule has 0 aliphatic heterocycles. The topological polar surface area (TPSA) is 108 Å². The fourth-order valence-corrected chi connectivity index (χ4v) is 2.60. The first-order chi connectivity index (χ1) is 12.3. The number of nitrogens with zero attached hydrogens (tertiary/aromatic N) is 4. The summed E-state index contributed by atoms with van der Waals surface area (Å²) >= 11 is 1.23. The van der Waals surface area contributed by atoms with Crippen LogP contribution in [-0.2, 0) is 11.5 Å². The van der Waals surface area contributed by atoms with Crippen LogP contribution in [0.5, 0.6) is 0 Å². The van der Waals surface area contributed by atoms with Crippen molar-refractivity contribution >= 4 is 23.0 Å². The number of carbonyl (C=O) groups is 1. The van der Waals surface area contributed by atoms with E-state index in [1.807, 2.05) is 13.8 Å². The smallest absolute Gasteiger partial charge is 0.352 e. The summed E-state index contributed by atoms with van der Waals surface area (Å²) in [4.78, 5) is 45.7. The number of aliphatic imine (C=N–C) groups is 1. The number of ether oxygens (including phenoxy) is 1. The third kappa shape index (κ3) is 4.52. The Morgan fingerprint density at radius 2 is 2.15 bits per heavy atom. The van der Waals surface area contributed by atoms with Crippen LogP contribution in [0.25, 0.3) is 0 Å². The van der Waals surface area contributed by atoms with Gasteiger partial charge in [0.2, 0.25) is 0 Å². The molecule has 0 bridgehead atoms. The Morgan fingerprint density at radius 3 is 2.73 bits per heavy atom. The van der Waals surface area contributed by atoms with Crippen LogP contribution in [0.2, 0.25) is 0 Å². The molecule has 0 fully saturated rings. The first-order valence-corrected chi connectivity index (χ1v) is 8.85. The van der Waals surface area contributed by atoms with E-state index in [1.165, 1.54) is 40.1 Å². The largest absolute Gasteiger partial charge is 0.364 e. The van der Waals surface area contributed by atoms with Crippen molar-refractivity contribution in [1.82, 2.24) is 14.2 Å². The van der Waals surface area contributed by atoms with Gasteiger partial charge in [0, 0.05) is 30.9 Å². The van der Waals surface area contributed by atoms with Gasteiger partial charge in [-0.1, -0.05) is 13.8 Å². The Kier molecular flexibility index (Phi) is 6.58. The second-order valence-corrected chi connectivity index (χ2v) is 6.71. The summed E-state index contributed by atoms with van der Waals surface area (Å²) in [6.07, 6.45) is 1.39. The van der Waals surface area contributed by atoms with Crippen molar-refractivity contribution in [1.29, 1.82) is 0 Å². The maximum atomic E-state index is 12.7. The number of nitrogens with one attached hydrogen (secondary N) is 1. The van der Waals surface area contributed by atoms with Gasteiger partial charge in [-0.2, -0.15) is 4.68 Å². The lowest BCUT2D eigenvalue weighted by Gasteiger charge is -2.13. The van der Waals surface area contributed by atoms with E-state index in [1.54, 1.807) is 6.92 Å². The van der Waals surface area contributed by atoms with Gasteiger partial charge in [0.15, 0.2) is 0 Å². The second-order valence-electron chi connectivity index (χ2n) is 5.99. The Labute approximate surface area is 154 Å². The highest BCUT2D eigenvalue weighted by atomic mass is 32.1. The zero-order chi connectivity index (χ0) is 19.3. The van der Waals surface area contributed by atoms with Crippen molar-refractivity contribution in [2.45, 2.75) is 27.5 Å². The van der Waals surface area contributed by atoms with Crippen molar-refractivity contribution in [3.8, 4) is 0 Å². The van der Waals surface area contributed by atoms with Crippen LogP contribution in [-0.4, -0.2) is 39.5 Å². The zero-order valence-electron chi connectivity index (χ0n) is 15.1. The van der Waals surface area contributed by atoms with Crippen molar-refractivity contribution in [2.24, 2.45) is 10.9 Å². The lowest BCUT2D eigenvalue weighted by molar-refractivity contribution is 0.0997. The molecule has 140 valence electrons. The zero-order valence-corrected chi connectivity index (χ0v) is 15.9. The monoisotopic (exact) mass is 379 g/mol. The molecule has 0 atom stereocenters. The van der Waals surface area contributed by atoms with E-state index in [0.717, 1.165) is 0 Å². The van der Waals surface area contributed by atoms with Gasteiger partial charge in [-0.25, -0.2) is 9.78 Å². The van der Waals surface area contributed by atoms with Gasteiger partial charge in [-0.05, 0) is 12.8 Å². The molecule has 9 nitrogen and oxygen atoms in total. The number of aromatic nitrogens is 3. The highest BCUT2D eigenvalue weighted by molar-refractivity contribution is 7.07. The number of amides is 1. The van der Waals surface area contributed by atoms with Crippen molar-refractivity contribution in [3.05, 3.63) is 49.2 Å². The molecule has 0 saturated carbocycles. The fraction of sp³-hybridized carbons (Fsp3) is 0.438. The number of carbonyl (C=O) groups excluding carboxylic acids is 1. The van der Waals surface area contributed by atoms with Crippen LogP contribution < -0.4 is 16.7 Å². The van der Waals surface area contributed by atoms with Crippen LogP contribution in [0.4, 0.5) is 0 Å². The Balaban J connectivity index is 2.52. The minimum atomic E-state index is -0.721. The van der Waals surface area contributed by atoms with Gasteiger partial charge in [-0.3, -0.25) is 24.6 Å². The van der Waals surface area contributed by atoms with Crippen LogP contribution >= 0.6 is 11.3 Å². The summed E-state index contributed by atoms with van der Waals surface area (Å²) in [5.41, 5.74) is 3.22. The molecule has 0 radical (unpaired) electrons. The summed E-state index contributed by atoms with van der Waals surface area (Å²) in [7, 11) is 1.43. The second kappa shape index (κ2) is 8.68. The minimum absolute atomic E-state index is 0.0733. The summed E-state index contributed by atoms with van der Waals surface area (Å²) in [5.74, 6) is -0.329. The standard InChI is InChI=1S/C16H21N5O4S/c1-10(2)5-17-11(3)12-6-20(9-25-4)16(24)21(15(12)23)19-14(22)13-7-26-8-18-13/h6-8,10H,5,9H2,1-4H3,(H,19,22). The van der Waals surface area contributed by atoms with Crippen LogP contribution in [0, 0.1) is 5.92 Å². The molecule has 2 aromatic heterocycles. The number of hydrogen-bond donors (Lipinski definition) is 1. The molecule has 0 aromatic carbocycles. The predicted molar refractivity (Wildman–Crippen MR) is 99.7 cm³/mol. The maximum Gasteiger partial charge on any atom is 0.352 e. The molecule has 0 aliphatic carbocycles. The average molecular weight is 379 g/mol. The van der Waals surface area contributed by atoms with Gasteiger partial charge in [0.05, 0.1) is 11.1 Å². The van der Waals surface area contributed by atoms with Gasteiger partial charge >= 0.3 is 5.69 Å². The van der Waals surface area contributed by atoms with E-state index in [9.17, 15) is 14.4 Å². The van der Waals surface area contributed by atoms with Gasteiger partial charge < -0.3 is 4.74 Å². The molecular formula is C16H21N5O4S. The van der Waals surface area contributed by atoms with E-state index in [-0.39, 0.29) is 18.0 Å². The summed E-state index contributed by atoms with van der Waals surface area (Å²) < 4.78 is 6.84. The predicted octanol–water partition coefficient (Wildman–Crippen LogP) is 0.919. The van der Waals surface area contributed by atoms with Crippen LogP contribution in [0.15, 0.2) is 31.7 Å². The lowest BCUT2D eigenvalue weighted by atomic mass is 10.2. The highest BCUT2D eigenvalue weighted by Gasteiger charge is 2.17. The highest BCUT2D eigenvalue weighted by Crippen LogP contribution is 2.01. The van der Waals surface area contributed by atoms with Gasteiger partial charge in [-0.15, -0.1) is 11.3 Å². The first kappa shape index (κ1) is 19.7. The molecule has 0 spiro atoms. The van der Waals surface area contributed by atoms with Crippen LogP contribution in [0.1, 0.15) is 36.8 Å². The molecule has 0 unspecified atom stereocenters. The summed E-state index contributed by atoms with van der Waals surface area (Å²) in [6, 6.07) is 0. The first-order valence-electron chi connectivity index (χ1n) is 7.91. The number of methoxy groups -OCH3 is 1. The maximum absolute atomic E-state index is 12.7. The van der Waals surface area contributed by atoms with E-state index >= 15 is 0 Å². The molecular weight excluding hydrogens is 358 g/mol. The molecule has 10 heteroatoms. The number of thiazole rings is 1. The molecule has 26 heavy (non-hydrogen) atoms. The summed E-state index contributed by atoms with van der Waals surface area (Å²) in [5, 5.41) is 1.52. The quantitative estimate of drug-likeness (QED) is 0.720. The molecule has 2 heterocycles. The van der Waals surface area contributed by atoms with Gasteiger partial charge in [0.1, 0.15) is 12.4 Å². The number of hydrogen-bond acceptors (Lipinski definition) is 7. The average Bonchev–Trinajstić information content (AvgIpc) is 3.13. The van der Waals surface area contributed by atoms with E-state index in [2.05, 4.69) is 15.4 Å². The van der Waals surface area contributed by atoms with Crippen molar-refractivity contribution in [3.63, 3.8) is 0 Å². The van der Waals surface area contributed by atoms with E-state index < -0.39 is 17.2 Å². The SMILES string of the molecule is COCn1cc(C(C)=NCC(C)C)c(=O)n(NC(=O)c2cscn2)c1=O. The fourth-order valence-electron chi connectivity index (χ4n) is 2.07. The minimum Gasteiger partial charge on any atom is -0.364 e. The number of rotatable bonds is 7.